The Morgan fingerprint density at radius 2 is 1.79 bits per heavy atom. The molecule has 1 unspecified atom stereocenters. The number of hydrogen-bond donors (Lipinski definition) is 1. The van der Waals surface area contributed by atoms with Crippen LogP contribution >= 0.6 is 0 Å². The predicted molar refractivity (Wildman–Crippen MR) is 97.2 cm³/mol. The zero-order valence-electron chi connectivity index (χ0n) is 14.2. The Bertz CT molecular complexity index is 691. The van der Waals surface area contributed by atoms with Crippen LogP contribution in [0.2, 0.25) is 0 Å². The molecule has 0 bridgehead atoms. The van der Waals surface area contributed by atoms with Gasteiger partial charge in [-0.3, -0.25) is 4.79 Å². The molecule has 0 spiro atoms. The summed E-state index contributed by atoms with van der Waals surface area (Å²) in [4.78, 5) is 14.9. The molecule has 4 nitrogen and oxygen atoms in total. The number of ether oxygens (including phenoxy) is 1. The van der Waals surface area contributed by atoms with Crippen molar-refractivity contribution < 1.29 is 9.53 Å². The minimum Gasteiger partial charge on any atom is -0.497 e. The molecule has 1 saturated carbocycles. The second kappa shape index (κ2) is 6.95. The van der Waals surface area contributed by atoms with Gasteiger partial charge in [-0.25, -0.2) is 0 Å². The fourth-order valence-corrected chi connectivity index (χ4v) is 3.03. The van der Waals surface area contributed by atoms with Crippen LogP contribution in [0.15, 0.2) is 48.5 Å². The predicted octanol–water partition coefficient (Wildman–Crippen LogP) is 3.65. The Morgan fingerprint density at radius 3 is 2.33 bits per heavy atom. The molecule has 0 radical (unpaired) electrons. The second-order valence-electron chi connectivity index (χ2n) is 6.46. The maximum Gasteiger partial charge on any atom is 0.231 e. The summed E-state index contributed by atoms with van der Waals surface area (Å²) in [6.45, 7) is 2.14. The van der Waals surface area contributed by atoms with Crippen LogP contribution in [-0.2, 0) is 11.2 Å². The molecule has 0 aliphatic heterocycles. The van der Waals surface area contributed by atoms with E-state index in [4.69, 9.17) is 10.5 Å². The van der Waals surface area contributed by atoms with Crippen molar-refractivity contribution in [2.45, 2.75) is 32.2 Å². The highest BCUT2D eigenvalue weighted by atomic mass is 16.5. The van der Waals surface area contributed by atoms with E-state index >= 15 is 0 Å². The minimum absolute atomic E-state index is 0.115. The normalized spacial score (nSPS) is 14.9. The lowest BCUT2D eigenvalue weighted by atomic mass is 10.1. The number of hydrogen-bond acceptors (Lipinski definition) is 3. The van der Waals surface area contributed by atoms with Crippen molar-refractivity contribution in [2.24, 2.45) is 5.92 Å². The summed E-state index contributed by atoms with van der Waals surface area (Å²) < 4.78 is 5.22. The van der Waals surface area contributed by atoms with Gasteiger partial charge in [-0.1, -0.05) is 12.1 Å². The summed E-state index contributed by atoms with van der Waals surface area (Å²) in [5.74, 6) is 1.51. The first-order valence-corrected chi connectivity index (χ1v) is 8.39. The number of methoxy groups -OCH3 is 1. The SMILES string of the molecule is COc1ccc(N(C(=O)Cc2ccc(N)cc2)C(C)C2CC2)cc1. The number of nitrogens with zero attached hydrogens (tertiary/aromatic N) is 1. The highest BCUT2D eigenvalue weighted by Crippen LogP contribution is 2.37. The van der Waals surface area contributed by atoms with E-state index in [-0.39, 0.29) is 11.9 Å². The van der Waals surface area contributed by atoms with Crippen molar-refractivity contribution in [3.8, 4) is 5.75 Å². The molecule has 1 amide bonds. The molecule has 2 N–H and O–H groups in total. The van der Waals surface area contributed by atoms with Gasteiger partial charge >= 0.3 is 0 Å². The number of amides is 1. The Hall–Kier alpha value is -2.49. The average Bonchev–Trinajstić information content (AvgIpc) is 3.43. The summed E-state index contributed by atoms with van der Waals surface area (Å²) in [5, 5.41) is 0. The number of nitrogens with two attached hydrogens (primary N) is 1. The number of rotatable bonds is 6. The largest absolute Gasteiger partial charge is 0.497 e. The fourth-order valence-electron chi connectivity index (χ4n) is 3.03. The molecule has 3 rings (SSSR count). The van der Waals surface area contributed by atoms with Gasteiger partial charge in [-0.2, -0.15) is 0 Å². The zero-order valence-corrected chi connectivity index (χ0v) is 14.2. The molecule has 126 valence electrons. The third-order valence-corrected chi connectivity index (χ3v) is 4.67. The molecule has 1 fully saturated rings. The van der Waals surface area contributed by atoms with Gasteiger partial charge in [-0.15, -0.1) is 0 Å². The first kappa shape index (κ1) is 16.4. The van der Waals surface area contributed by atoms with E-state index in [1.165, 1.54) is 12.8 Å². The van der Waals surface area contributed by atoms with Crippen molar-refractivity contribution in [1.82, 2.24) is 0 Å². The van der Waals surface area contributed by atoms with Crippen molar-refractivity contribution in [2.75, 3.05) is 17.7 Å². The van der Waals surface area contributed by atoms with E-state index in [1.807, 2.05) is 53.4 Å². The summed E-state index contributed by atoms with van der Waals surface area (Å²) in [5.41, 5.74) is 8.35. The third kappa shape index (κ3) is 3.70. The lowest BCUT2D eigenvalue weighted by molar-refractivity contribution is -0.118. The maximum atomic E-state index is 13.0. The Morgan fingerprint density at radius 1 is 1.17 bits per heavy atom. The first-order chi connectivity index (χ1) is 11.6. The topological polar surface area (TPSA) is 55.6 Å². The Balaban J connectivity index is 1.82. The maximum absolute atomic E-state index is 13.0. The summed E-state index contributed by atoms with van der Waals surface area (Å²) in [6.07, 6.45) is 2.77. The molecule has 4 heteroatoms. The third-order valence-electron chi connectivity index (χ3n) is 4.67. The standard InChI is InChI=1S/C20H24N2O2/c1-14(16-5-6-16)22(18-9-11-19(24-2)12-10-18)20(23)13-15-3-7-17(21)8-4-15/h3-4,7-12,14,16H,5-6,13,21H2,1-2H3. The molecule has 2 aromatic rings. The number of anilines is 2. The van der Waals surface area contributed by atoms with Crippen molar-refractivity contribution >= 4 is 17.3 Å². The van der Waals surface area contributed by atoms with Crippen molar-refractivity contribution in [3.63, 3.8) is 0 Å². The van der Waals surface area contributed by atoms with E-state index in [2.05, 4.69) is 6.92 Å². The van der Waals surface area contributed by atoms with Crippen LogP contribution in [0.1, 0.15) is 25.3 Å². The van der Waals surface area contributed by atoms with Gasteiger partial charge in [-0.05, 0) is 67.6 Å². The molecule has 2 aromatic carbocycles. The number of nitrogen functional groups attached to an aromatic ring is 1. The minimum atomic E-state index is 0.115. The Kier molecular flexibility index (Phi) is 4.74. The van der Waals surface area contributed by atoms with Crippen LogP contribution in [0.4, 0.5) is 11.4 Å². The van der Waals surface area contributed by atoms with E-state index in [1.54, 1.807) is 7.11 Å². The van der Waals surface area contributed by atoms with Crippen molar-refractivity contribution in [1.29, 1.82) is 0 Å². The summed E-state index contributed by atoms with van der Waals surface area (Å²) in [6, 6.07) is 15.4. The van der Waals surface area contributed by atoms with Crippen LogP contribution in [0.25, 0.3) is 0 Å². The van der Waals surface area contributed by atoms with Gasteiger partial charge in [0.15, 0.2) is 0 Å². The molecule has 0 heterocycles. The van der Waals surface area contributed by atoms with Crippen LogP contribution in [0.3, 0.4) is 0 Å². The fraction of sp³-hybridized carbons (Fsp3) is 0.350. The number of benzene rings is 2. The average molecular weight is 324 g/mol. The van der Waals surface area contributed by atoms with Crippen LogP contribution < -0.4 is 15.4 Å². The molecule has 1 aliphatic carbocycles. The van der Waals surface area contributed by atoms with E-state index in [9.17, 15) is 4.79 Å². The molecule has 0 aromatic heterocycles. The zero-order chi connectivity index (χ0) is 17.1. The van der Waals surface area contributed by atoms with Gasteiger partial charge in [0.25, 0.3) is 0 Å². The molecule has 1 atom stereocenters. The molecular weight excluding hydrogens is 300 g/mol. The van der Waals surface area contributed by atoms with Crippen LogP contribution in [0, 0.1) is 5.92 Å². The van der Waals surface area contributed by atoms with Crippen molar-refractivity contribution in [3.05, 3.63) is 54.1 Å². The first-order valence-electron chi connectivity index (χ1n) is 8.39. The Labute approximate surface area is 143 Å². The van der Waals surface area contributed by atoms with Gasteiger partial charge in [0.1, 0.15) is 5.75 Å². The van der Waals surface area contributed by atoms with Gasteiger partial charge in [0.2, 0.25) is 5.91 Å². The summed E-state index contributed by atoms with van der Waals surface area (Å²) >= 11 is 0. The van der Waals surface area contributed by atoms with Gasteiger partial charge < -0.3 is 15.4 Å². The highest BCUT2D eigenvalue weighted by molar-refractivity contribution is 5.95. The van der Waals surface area contributed by atoms with Gasteiger partial charge in [0, 0.05) is 17.4 Å². The molecule has 0 saturated heterocycles. The highest BCUT2D eigenvalue weighted by Gasteiger charge is 2.35. The molecule has 1 aliphatic rings. The summed E-state index contributed by atoms with van der Waals surface area (Å²) in [7, 11) is 1.64. The van der Waals surface area contributed by atoms with Crippen LogP contribution in [-0.4, -0.2) is 19.1 Å². The van der Waals surface area contributed by atoms with Crippen LogP contribution in [0.5, 0.6) is 5.75 Å². The van der Waals surface area contributed by atoms with E-state index in [0.29, 0.717) is 18.0 Å². The lowest BCUT2D eigenvalue weighted by Gasteiger charge is -2.30. The number of carbonyl (C=O) groups is 1. The monoisotopic (exact) mass is 324 g/mol. The smallest absolute Gasteiger partial charge is 0.231 e. The molecular formula is C20H24N2O2. The lowest BCUT2D eigenvalue weighted by Crippen LogP contribution is -2.41. The quantitative estimate of drug-likeness (QED) is 0.825. The molecule has 24 heavy (non-hydrogen) atoms. The van der Waals surface area contributed by atoms with E-state index in [0.717, 1.165) is 17.0 Å². The second-order valence-corrected chi connectivity index (χ2v) is 6.46. The van der Waals surface area contributed by atoms with E-state index < -0.39 is 0 Å². The number of carbonyl (C=O) groups excluding carboxylic acids is 1. The van der Waals surface area contributed by atoms with Gasteiger partial charge in [0.05, 0.1) is 13.5 Å².